The molecule has 2 saturated carbocycles. The van der Waals surface area contributed by atoms with Crippen LogP contribution in [0.3, 0.4) is 0 Å². The molecular formula is C60H44N8O11S3. The van der Waals surface area contributed by atoms with Crippen molar-refractivity contribution in [2.45, 2.75) is 71.7 Å². The number of hydrogen-bond donors (Lipinski definition) is 7. The van der Waals surface area contributed by atoms with E-state index < -0.39 is 50.6 Å². The van der Waals surface area contributed by atoms with Gasteiger partial charge in [0, 0.05) is 60.3 Å². The fraction of sp³-hybridized carbons (Fsp3) is 0.200. The van der Waals surface area contributed by atoms with Crippen molar-refractivity contribution in [1.82, 2.24) is 39.9 Å². The smallest absolute Gasteiger partial charge is 0.294 e. The lowest BCUT2D eigenvalue weighted by Gasteiger charge is -2.53. The highest BCUT2D eigenvalue weighted by Gasteiger charge is 2.62. The van der Waals surface area contributed by atoms with Gasteiger partial charge in [0.15, 0.2) is 23.3 Å². The number of aromatic nitrogens is 8. The summed E-state index contributed by atoms with van der Waals surface area (Å²) in [5.74, 6) is 13.7. The summed E-state index contributed by atoms with van der Waals surface area (Å²) in [6.07, 6.45) is 5.47. The molecule has 3 aliphatic carbocycles. The molecule has 9 aromatic rings. The lowest BCUT2D eigenvalue weighted by molar-refractivity contribution is -0.108. The Morgan fingerprint density at radius 2 is 1.01 bits per heavy atom. The van der Waals surface area contributed by atoms with Crippen LogP contribution in [0.25, 0.3) is 89.7 Å². The number of phenolic OH excluding ortho intramolecular Hbond substituents is 1. The predicted molar refractivity (Wildman–Crippen MR) is 302 cm³/mol. The van der Waals surface area contributed by atoms with Crippen molar-refractivity contribution >= 4 is 74.5 Å². The van der Waals surface area contributed by atoms with Crippen LogP contribution in [0.2, 0.25) is 0 Å². The first-order valence-corrected chi connectivity index (χ1v) is 30.4. The molecule has 6 aromatic carbocycles. The average molecular weight is 1150 g/mol. The molecule has 5 atom stereocenters. The van der Waals surface area contributed by atoms with Gasteiger partial charge in [-0.25, -0.2) is 29.9 Å². The second kappa shape index (κ2) is 18.1. The fourth-order valence-electron chi connectivity index (χ4n) is 13.4. The zero-order valence-corrected chi connectivity index (χ0v) is 45.5. The van der Waals surface area contributed by atoms with Gasteiger partial charge in [-0.1, -0.05) is 37.0 Å². The van der Waals surface area contributed by atoms with Crippen LogP contribution in [-0.2, 0) is 42.4 Å². The quantitative estimate of drug-likeness (QED) is 0.0637. The zero-order valence-electron chi connectivity index (χ0n) is 43.0. The number of hydrogen-bond acceptors (Lipinski definition) is 14. The van der Waals surface area contributed by atoms with E-state index >= 15 is 0 Å². The maximum absolute atomic E-state index is 12.6. The van der Waals surface area contributed by atoms with Gasteiger partial charge >= 0.3 is 0 Å². The first-order chi connectivity index (χ1) is 39.1. The van der Waals surface area contributed by atoms with Crippen LogP contribution < -0.4 is 0 Å². The molecule has 22 heteroatoms. The Balaban J connectivity index is 0.869. The summed E-state index contributed by atoms with van der Waals surface area (Å²) < 4.78 is 105. The van der Waals surface area contributed by atoms with E-state index in [1.54, 1.807) is 24.3 Å². The minimum Gasteiger partial charge on any atom is -0.508 e. The predicted octanol–water partition coefficient (Wildman–Crippen LogP) is 9.46. The van der Waals surface area contributed by atoms with Crippen molar-refractivity contribution in [2.75, 3.05) is 0 Å². The average Bonchev–Trinajstić information content (AvgIpc) is 2.47. The molecule has 5 aliphatic rings. The van der Waals surface area contributed by atoms with Crippen molar-refractivity contribution in [3.8, 4) is 75.0 Å². The second-order valence-corrected chi connectivity index (χ2v) is 25.9. The molecule has 2 aliphatic heterocycles. The van der Waals surface area contributed by atoms with E-state index in [1.165, 1.54) is 47.5 Å². The van der Waals surface area contributed by atoms with E-state index in [0.717, 1.165) is 61.4 Å². The molecule has 8 bridgehead atoms. The van der Waals surface area contributed by atoms with Gasteiger partial charge in [0.2, 0.25) is 0 Å². The SMILES string of the molecule is C[C@]12CC[C@@H]3c4ccc(O)cc4CC[C@H]3[C@@H]1CC[C@@]2(O)c1ccc(C#CC#Cc2ccc3c4nc5nc(nc6[nH]c(nc7nc(nc([nH]4)c3c2)-c2ccc(S(=O)(=O)O)cc2-7)c2ccc(S(=O)(=O)O)cc62)-c2ccc(S(=O)(=O)O)cc2-5)cc1. The molecule has 0 amide bonds. The summed E-state index contributed by atoms with van der Waals surface area (Å²) in [5.41, 5.74) is 4.76. The molecule has 408 valence electrons. The highest BCUT2D eigenvalue weighted by molar-refractivity contribution is 7.86. The number of benzene rings is 6. The third-order valence-corrected chi connectivity index (χ3v) is 19.9. The second-order valence-electron chi connectivity index (χ2n) is 21.6. The van der Waals surface area contributed by atoms with Gasteiger partial charge in [0.05, 0.1) is 20.3 Å². The number of phenols is 1. The third-order valence-electron chi connectivity index (χ3n) is 17.3. The van der Waals surface area contributed by atoms with E-state index in [1.807, 2.05) is 30.3 Å². The van der Waals surface area contributed by atoms with Gasteiger partial charge < -0.3 is 20.2 Å². The number of aromatic amines is 2. The summed E-state index contributed by atoms with van der Waals surface area (Å²) in [7, 11) is -14.2. The molecule has 82 heavy (non-hydrogen) atoms. The summed E-state index contributed by atoms with van der Waals surface area (Å²) in [6.45, 7) is 2.26. The summed E-state index contributed by atoms with van der Waals surface area (Å²) in [6, 6.07) is 30.1. The molecular weight excluding hydrogens is 1100 g/mol. The van der Waals surface area contributed by atoms with Crippen LogP contribution >= 0.6 is 0 Å². The summed E-state index contributed by atoms with van der Waals surface area (Å²) >= 11 is 0. The first-order valence-electron chi connectivity index (χ1n) is 26.1. The van der Waals surface area contributed by atoms with Crippen molar-refractivity contribution in [2.24, 2.45) is 17.3 Å². The number of rotatable bonds is 4. The zero-order chi connectivity index (χ0) is 56.8. The van der Waals surface area contributed by atoms with Crippen molar-refractivity contribution in [3.05, 3.63) is 143 Å². The van der Waals surface area contributed by atoms with Crippen LogP contribution in [0.5, 0.6) is 5.75 Å². The highest BCUT2D eigenvalue weighted by Crippen LogP contribution is 2.67. The number of H-pyrrole nitrogens is 2. The Bertz CT molecular complexity index is 4990. The molecule has 2 fully saturated rings. The Hall–Kier alpha value is -8.71. The van der Waals surface area contributed by atoms with E-state index in [0.29, 0.717) is 51.8 Å². The van der Waals surface area contributed by atoms with Gasteiger partial charge in [-0.05, 0) is 182 Å². The molecule has 0 spiro atoms. The lowest BCUT2D eigenvalue weighted by atomic mass is 9.52. The van der Waals surface area contributed by atoms with Gasteiger partial charge in [-0.3, -0.25) is 13.7 Å². The molecule has 3 aromatic heterocycles. The topological polar surface area (TPSA) is 312 Å². The monoisotopic (exact) mass is 1150 g/mol. The normalized spacial score (nSPS) is 20.8. The maximum atomic E-state index is 12.6. The molecule has 0 unspecified atom stereocenters. The number of aryl methyl sites for hydroxylation is 1. The minimum absolute atomic E-state index is 0.0147. The van der Waals surface area contributed by atoms with Crippen molar-refractivity contribution in [3.63, 3.8) is 0 Å². The van der Waals surface area contributed by atoms with Crippen LogP contribution in [0.1, 0.15) is 72.8 Å². The van der Waals surface area contributed by atoms with Crippen molar-refractivity contribution < 1.29 is 49.1 Å². The molecule has 19 nitrogen and oxygen atoms in total. The van der Waals surface area contributed by atoms with Gasteiger partial charge in [-0.2, -0.15) is 25.3 Å². The molecule has 5 heterocycles. The van der Waals surface area contributed by atoms with E-state index in [2.05, 4.69) is 46.6 Å². The first kappa shape index (κ1) is 51.4. The Morgan fingerprint density at radius 3 is 1.60 bits per heavy atom. The standard InChI is InChI=1S/C60H44N8O11S3/c1-59-24-22-40-39-18-12-35(69)27-33(39)9-17-41(40)50(59)23-25-60(59,70)34-10-6-31(7-11-34)4-2-3-5-32-8-16-42-46(26-32)55-61-51(42)63-56-48-29-37(81(74,75)76)14-20-44(48)53(65-56)67-58-49-30-38(82(77,78)79)15-21-45(49)54(68-58)66-57-47-28-36(80(71,72)73)13-19-43(47)52(62-55)64-57/h6-8,10-16,18-21,26-30,40-41,50,69-70H,9,17,22-25H2,1H3,(H,71,72,73)(H,74,75,76)(H,77,78,79)(H2,61,62,63,64,65,66,67,68)/t40-,41-,50+,59+,60-/m1/s1. The number of nitrogens with zero attached hydrogens (tertiary/aromatic N) is 6. The molecule has 0 radical (unpaired) electrons. The van der Waals surface area contributed by atoms with Gasteiger partial charge in [0.25, 0.3) is 30.4 Å². The number of nitrogens with one attached hydrogen (secondary N) is 2. The Labute approximate surface area is 467 Å². The van der Waals surface area contributed by atoms with Gasteiger partial charge in [-0.15, -0.1) is 0 Å². The van der Waals surface area contributed by atoms with Crippen molar-refractivity contribution in [1.29, 1.82) is 0 Å². The van der Waals surface area contributed by atoms with Crippen LogP contribution in [0.15, 0.2) is 130 Å². The maximum Gasteiger partial charge on any atom is 0.294 e. The van der Waals surface area contributed by atoms with E-state index in [-0.39, 0.29) is 78.8 Å². The lowest BCUT2D eigenvalue weighted by Crippen LogP contribution is -2.49. The fourth-order valence-corrected chi connectivity index (χ4v) is 14.9. The van der Waals surface area contributed by atoms with Crippen LogP contribution in [0.4, 0.5) is 0 Å². The molecule has 7 N–H and O–H groups in total. The number of aromatic hydroxyl groups is 1. The van der Waals surface area contributed by atoms with Gasteiger partial charge in [0.1, 0.15) is 28.3 Å². The van der Waals surface area contributed by atoms with E-state index in [4.69, 9.17) is 29.9 Å². The van der Waals surface area contributed by atoms with Crippen LogP contribution in [0, 0.1) is 40.9 Å². The Kier molecular flexibility index (Phi) is 11.4. The van der Waals surface area contributed by atoms with Crippen LogP contribution in [-0.4, -0.2) is 89.0 Å². The molecule has 14 rings (SSSR count). The third kappa shape index (κ3) is 8.36. The number of aliphatic hydroxyl groups is 1. The summed E-state index contributed by atoms with van der Waals surface area (Å²) in [5, 5.41) is 24.1. The summed E-state index contributed by atoms with van der Waals surface area (Å²) in [4.78, 5) is 33.7. The largest absolute Gasteiger partial charge is 0.508 e. The molecule has 0 saturated heterocycles. The minimum atomic E-state index is -4.74. The highest BCUT2D eigenvalue weighted by atomic mass is 32.2. The Morgan fingerprint density at radius 1 is 0.512 bits per heavy atom. The van der Waals surface area contributed by atoms with E-state index in [9.17, 15) is 49.1 Å². The number of fused-ring (bicyclic) bond motifs is 25.